The Labute approximate surface area is 180 Å². The minimum absolute atomic E-state index is 0.231. The molecule has 0 unspecified atom stereocenters. The summed E-state index contributed by atoms with van der Waals surface area (Å²) < 4.78 is 5.02. The van der Waals surface area contributed by atoms with Gasteiger partial charge in [0.15, 0.2) is 0 Å². The minimum Gasteiger partial charge on any atom is -0.462 e. The average Bonchev–Trinajstić information content (AvgIpc) is 3.19. The van der Waals surface area contributed by atoms with Crippen LogP contribution in [0.1, 0.15) is 33.2 Å². The first-order valence-corrected chi connectivity index (χ1v) is 10.1. The maximum atomic E-state index is 13.3. The summed E-state index contributed by atoms with van der Waals surface area (Å²) in [4.78, 5) is 40.0. The number of rotatable bonds is 5. The molecule has 3 aromatic rings. The van der Waals surface area contributed by atoms with Crippen LogP contribution < -0.4 is 10.2 Å². The number of carbonyl (C=O) groups is 3. The molecule has 1 aliphatic heterocycles. The molecule has 6 nitrogen and oxygen atoms in total. The molecule has 0 aliphatic carbocycles. The molecule has 0 fully saturated rings. The highest BCUT2D eigenvalue weighted by Crippen LogP contribution is 2.34. The van der Waals surface area contributed by atoms with Crippen molar-refractivity contribution < 1.29 is 19.1 Å². The number of anilines is 2. The number of hydrogen-bond acceptors (Lipinski definition) is 4. The van der Waals surface area contributed by atoms with Crippen LogP contribution in [0.2, 0.25) is 0 Å². The third kappa shape index (κ3) is 4.19. The molecule has 156 valence electrons. The van der Waals surface area contributed by atoms with Gasteiger partial charge in [-0.3, -0.25) is 14.5 Å². The first-order chi connectivity index (χ1) is 15.1. The number of amides is 2. The predicted molar refractivity (Wildman–Crippen MR) is 118 cm³/mol. The Morgan fingerprint density at radius 3 is 2.42 bits per heavy atom. The maximum Gasteiger partial charge on any atom is 0.338 e. The molecule has 2 amide bonds. The molecule has 0 bridgehead atoms. The van der Waals surface area contributed by atoms with E-state index in [1.165, 1.54) is 0 Å². The maximum absolute atomic E-state index is 13.3. The fourth-order valence-corrected chi connectivity index (χ4v) is 3.73. The number of fused-ring (bicyclic) bond motifs is 1. The fourth-order valence-electron chi connectivity index (χ4n) is 3.73. The lowest BCUT2D eigenvalue weighted by Gasteiger charge is -2.25. The van der Waals surface area contributed by atoms with Gasteiger partial charge >= 0.3 is 5.97 Å². The SMILES string of the molecule is CCOC(=O)c1cccc(NC(=O)[C@H]2Cc3ccccc3N2C(=O)c2ccccc2)c1. The molecule has 1 N–H and O–H groups in total. The number of para-hydroxylation sites is 1. The van der Waals surface area contributed by atoms with Gasteiger partial charge in [-0.15, -0.1) is 0 Å². The van der Waals surface area contributed by atoms with Gasteiger partial charge in [-0.1, -0.05) is 42.5 Å². The van der Waals surface area contributed by atoms with Crippen molar-refractivity contribution in [2.24, 2.45) is 0 Å². The lowest BCUT2D eigenvalue weighted by Crippen LogP contribution is -2.45. The number of carbonyl (C=O) groups excluding carboxylic acids is 3. The number of ether oxygens (including phenoxy) is 1. The number of nitrogens with one attached hydrogen (secondary N) is 1. The van der Waals surface area contributed by atoms with Crippen molar-refractivity contribution in [3.63, 3.8) is 0 Å². The molecule has 31 heavy (non-hydrogen) atoms. The Morgan fingerprint density at radius 1 is 0.935 bits per heavy atom. The highest BCUT2D eigenvalue weighted by molar-refractivity contribution is 6.13. The first kappa shape index (κ1) is 20.3. The van der Waals surface area contributed by atoms with Crippen molar-refractivity contribution in [2.75, 3.05) is 16.8 Å². The van der Waals surface area contributed by atoms with Crippen LogP contribution in [0.4, 0.5) is 11.4 Å². The average molecular weight is 414 g/mol. The van der Waals surface area contributed by atoms with E-state index in [2.05, 4.69) is 5.32 Å². The van der Waals surface area contributed by atoms with Crippen LogP contribution in [0.25, 0.3) is 0 Å². The van der Waals surface area contributed by atoms with Crippen LogP contribution in [0.5, 0.6) is 0 Å². The summed E-state index contributed by atoms with van der Waals surface area (Å²) in [6.45, 7) is 2.01. The Hall–Kier alpha value is -3.93. The van der Waals surface area contributed by atoms with E-state index >= 15 is 0 Å². The quantitative estimate of drug-likeness (QED) is 0.639. The zero-order valence-corrected chi connectivity index (χ0v) is 17.1. The number of benzene rings is 3. The number of hydrogen-bond donors (Lipinski definition) is 1. The lowest BCUT2D eigenvalue weighted by atomic mass is 10.1. The second-order valence-electron chi connectivity index (χ2n) is 7.18. The summed E-state index contributed by atoms with van der Waals surface area (Å²) >= 11 is 0. The van der Waals surface area contributed by atoms with Gasteiger partial charge in [-0.05, 0) is 48.9 Å². The summed E-state index contributed by atoms with van der Waals surface area (Å²) in [7, 11) is 0. The highest BCUT2D eigenvalue weighted by atomic mass is 16.5. The first-order valence-electron chi connectivity index (χ1n) is 10.1. The molecule has 0 aromatic heterocycles. The van der Waals surface area contributed by atoms with E-state index in [9.17, 15) is 14.4 Å². The number of esters is 1. The third-order valence-corrected chi connectivity index (χ3v) is 5.16. The monoisotopic (exact) mass is 414 g/mol. The van der Waals surface area contributed by atoms with Crippen LogP contribution in [-0.2, 0) is 16.0 Å². The Morgan fingerprint density at radius 2 is 1.65 bits per heavy atom. The topological polar surface area (TPSA) is 75.7 Å². The van der Waals surface area contributed by atoms with Crippen molar-refractivity contribution in [3.05, 3.63) is 95.6 Å². The van der Waals surface area contributed by atoms with E-state index in [-0.39, 0.29) is 18.4 Å². The standard InChI is InChI=1S/C25H22N2O4/c1-2-31-25(30)19-12-8-13-20(15-19)26-23(28)22-16-18-11-6-7-14-21(18)27(22)24(29)17-9-4-3-5-10-17/h3-15,22H,2,16H2,1H3,(H,26,28)/t22-/m1/s1. The van der Waals surface area contributed by atoms with Crippen LogP contribution >= 0.6 is 0 Å². The summed E-state index contributed by atoms with van der Waals surface area (Å²) in [6.07, 6.45) is 0.415. The van der Waals surface area contributed by atoms with E-state index < -0.39 is 12.0 Å². The fraction of sp³-hybridized carbons (Fsp3) is 0.160. The molecule has 0 spiro atoms. The smallest absolute Gasteiger partial charge is 0.338 e. The normalized spacial score (nSPS) is 14.6. The van der Waals surface area contributed by atoms with Crippen molar-refractivity contribution in [1.82, 2.24) is 0 Å². The van der Waals surface area contributed by atoms with Gasteiger partial charge in [-0.25, -0.2) is 4.79 Å². The van der Waals surface area contributed by atoms with Gasteiger partial charge in [0.1, 0.15) is 6.04 Å². The van der Waals surface area contributed by atoms with Crippen molar-refractivity contribution in [3.8, 4) is 0 Å². The molecule has 0 saturated carbocycles. The van der Waals surface area contributed by atoms with Gasteiger partial charge < -0.3 is 10.1 Å². The molecule has 3 aromatic carbocycles. The summed E-state index contributed by atoms with van der Waals surface area (Å²) in [5.74, 6) is -1.000. The summed E-state index contributed by atoms with van der Waals surface area (Å²) in [5, 5.41) is 2.85. The molecule has 4 rings (SSSR count). The van der Waals surface area contributed by atoms with Crippen LogP contribution in [-0.4, -0.2) is 30.4 Å². The van der Waals surface area contributed by atoms with E-state index in [1.54, 1.807) is 60.4 Å². The van der Waals surface area contributed by atoms with Crippen molar-refractivity contribution in [1.29, 1.82) is 0 Å². The van der Waals surface area contributed by atoms with Gasteiger partial charge in [0, 0.05) is 23.4 Å². The Bertz CT molecular complexity index is 1130. The van der Waals surface area contributed by atoms with E-state index in [4.69, 9.17) is 4.74 Å². The largest absolute Gasteiger partial charge is 0.462 e. The predicted octanol–water partition coefficient (Wildman–Crippen LogP) is 4.07. The second kappa shape index (κ2) is 8.83. The lowest BCUT2D eigenvalue weighted by molar-refractivity contribution is -0.117. The van der Waals surface area contributed by atoms with Gasteiger partial charge in [0.05, 0.1) is 12.2 Å². The Kier molecular flexibility index (Phi) is 5.80. The van der Waals surface area contributed by atoms with E-state index in [0.717, 1.165) is 11.3 Å². The van der Waals surface area contributed by atoms with E-state index in [0.29, 0.717) is 23.2 Å². The van der Waals surface area contributed by atoms with Crippen LogP contribution in [0, 0.1) is 0 Å². The zero-order valence-electron chi connectivity index (χ0n) is 17.1. The summed E-state index contributed by atoms with van der Waals surface area (Å²) in [5.41, 5.74) is 3.01. The third-order valence-electron chi connectivity index (χ3n) is 5.16. The molecule has 1 atom stereocenters. The summed E-state index contributed by atoms with van der Waals surface area (Å²) in [6, 6.07) is 22.3. The molecule has 0 radical (unpaired) electrons. The molecule has 1 aliphatic rings. The van der Waals surface area contributed by atoms with Crippen molar-refractivity contribution >= 4 is 29.2 Å². The van der Waals surface area contributed by atoms with Gasteiger partial charge in [-0.2, -0.15) is 0 Å². The second-order valence-corrected chi connectivity index (χ2v) is 7.18. The Balaban J connectivity index is 1.60. The van der Waals surface area contributed by atoms with Gasteiger partial charge in [0.2, 0.25) is 5.91 Å². The molecular weight excluding hydrogens is 392 g/mol. The number of nitrogens with zero attached hydrogens (tertiary/aromatic N) is 1. The van der Waals surface area contributed by atoms with E-state index in [1.807, 2.05) is 30.3 Å². The van der Waals surface area contributed by atoms with Crippen LogP contribution in [0.15, 0.2) is 78.9 Å². The van der Waals surface area contributed by atoms with Crippen LogP contribution in [0.3, 0.4) is 0 Å². The van der Waals surface area contributed by atoms with Gasteiger partial charge in [0.25, 0.3) is 5.91 Å². The highest BCUT2D eigenvalue weighted by Gasteiger charge is 2.38. The molecule has 0 saturated heterocycles. The molecular formula is C25H22N2O4. The van der Waals surface area contributed by atoms with Crippen molar-refractivity contribution in [2.45, 2.75) is 19.4 Å². The minimum atomic E-state index is -0.698. The molecule has 6 heteroatoms. The zero-order chi connectivity index (χ0) is 21.8. The molecule has 1 heterocycles.